The van der Waals surface area contributed by atoms with Crippen molar-refractivity contribution in [2.45, 2.75) is 30.7 Å². The molecule has 1 fully saturated rings. The molecule has 2 N–H and O–H groups in total. The summed E-state index contributed by atoms with van der Waals surface area (Å²) in [5.41, 5.74) is -0.778. The summed E-state index contributed by atoms with van der Waals surface area (Å²) in [6.45, 7) is 2.86. The third-order valence-electron chi connectivity index (χ3n) is 3.66. The summed E-state index contributed by atoms with van der Waals surface area (Å²) in [5, 5.41) is 2.50. The molecule has 1 aliphatic heterocycles. The number of sulfone groups is 1. The number of carbonyl (C=O) groups is 1. The summed E-state index contributed by atoms with van der Waals surface area (Å²) in [6.07, 6.45) is 0.197. The van der Waals surface area contributed by atoms with Crippen molar-refractivity contribution in [2.24, 2.45) is 0 Å². The molecule has 0 saturated carbocycles. The van der Waals surface area contributed by atoms with Gasteiger partial charge in [-0.25, -0.2) is 21.6 Å². The molecule has 24 heavy (non-hydrogen) atoms. The average molecular weight is 376 g/mol. The molecule has 0 radical (unpaired) electrons. The zero-order valence-electron chi connectivity index (χ0n) is 13.6. The number of hydrogen-bond donors (Lipinski definition) is 2. The van der Waals surface area contributed by atoms with Gasteiger partial charge in [0.2, 0.25) is 15.9 Å². The lowest BCUT2D eigenvalue weighted by Crippen LogP contribution is -2.46. The second-order valence-corrected chi connectivity index (χ2v) is 9.89. The van der Waals surface area contributed by atoms with E-state index in [1.54, 1.807) is 6.92 Å². The SMILES string of the molecule is COc1ccc(NC(C)=O)cc1S(=O)(=O)N[C@@]1(C)CCS(=O)(=O)C1. The van der Waals surface area contributed by atoms with Crippen molar-refractivity contribution in [3.05, 3.63) is 18.2 Å². The number of anilines is 1. The van der Waals surface area contributed by atoms with E-state index in [-0.39, 0.29) is 34.5 Å². The van der Waals surface area contributed by atoms with Gasteiger partial charge in [0, 0.05) is 18.2 Å². The minimum absolute atomic E-state index is 0.0604. The number of ether oxygens (including phenoxy) is 1. The van der Waals surface area contributed by atoms with Crippen LogP contribution in [0, 0.1) is 0 Å². The van der Waals surface area contributed by atoms with Gasteiger partial charge >= 0.3 is 0 Å². The summed E-state index contributed by atoms with van der Waals surface area (Å²) in [7, 11) is -5.98. The molecule has 1 aliphatic rings. The van der Waals surface area contributed by atoms with Crippen LogP contribution in [-0.2, 0) is 24.7 Å². The highest BCUT2D eigenvalue weighted by Crippen LogP contribution is 2.30. The van der Waals surface area contributed by atoms with Crippen LogP contribution in [0.3, 0.4) is 0 Å². The normalized spacial score (nSPS) is 23.0. The van der Waals surface area contributed by atoms with Crippen LogP contribution < -0.4 is 14.8 Å². The molecule has 8 nitrogen and oxygen atoms in total. The molecule has 0 unspecified atom stereocenters. The van der Waals surface area contributed by atoms with Crippen LogP contribution in [0.4, 0.5) is 5.69 Å². The molecule has 1 saturated heterocycles. The highest BCUT2D eigenvalue weighted by atomic mass is 32.2. The Morgan fingerprint density at radius 1 is 1.33 bits per heavy atom. The van der Waals surface area contributed by atoms with Gasteiger partial charge in [0.05, 0.1) is 18.6 Å². The summed E-state index contributed by atoms with van der Waals surface area (Å²) in [6, 6.07) is 4.21. The monoisotopic (exact) mass is 376 g/mol. The van der Waals surface area contributed by atoms with E-state index in [4.69, 9.17) is 4.74 Å². The third kappa shape index (κ3) is 4.25. The van der Waals surface area contributed by atoms with Crippen molar-refractivity contribution in [2.75, 3.05) is 23.9 Å². The van der Waals surface area contributed by atoms with Crippen molar-refractivity contribution in [3.63, 3.8) is 0 Å². The fourth-order valence-corrected chi connectivity index (χ4v) is 6.45. The van der Waals surface area contributed by atoms with Crippen molar-refractivity contribution in [3.8, 4) is 5.75 Å². The molecule has 134 valence electrons. The molecule has 2 rings (SSSR count). The highest BCUT2D eigenvalue weighted by Gasteiger charge is 2.42. The molecule has 0 spiro atoms. The second-order valence-electron chi connectivity index (χ2n) is 6.06. The molecule has 1 aromatic rings. The van der Waals surface area contributed by atoms with Gasteiger partial charge in [-0.1, -0.05) is 0 Å². The zero-order chi connectivity index (χ0) is 18.2. The standard InChI is InChI=1S/C14H20N2O6S2/c1-10(17)15-11-4-5-12(22-3)13(8-11)24(20,21)16-14(2)6-7-23(18,19)9-14/h4-5,8,16H,6-7,9H2,1-3H3,(H,15,17)/t14-/m0/s1. The lowest BCUT2D eigenvalue weighted by Gasteiger charge is -2.24. The van der Waals surface area contributed by atoms with Gasteiger partial charge in [0.15, 0.2) is 9.84 Å². The molecule has 1 atom stereocenters. The average Bonchev–Trinajstić information content (AvgIpc) is 2.70. The Bertz CT molecular complexity index is 863. The molecular formula is C14H20N2O6S2. The minimum Gasteiger partial charge on any atom is -0.495 e. The summed E-state index contributed by atoms with van der Waals surface area (Å²) >= 11 is 0. The predicted octanol–water partition coefficient (Wildman–Crippen LogP) is 0.509. The first kappa shape index (κ1) is 18.7. The van der Waals surface area contributed by atoms with E-state index < -0.39 is 25.4 Å². The number of benzene rings is 1. The number of nitrogens with one attached hydrogen (secondary N) is 2. The van der Waals surface area contributed by atoms with Gasteiger partial charge in [-0.2, -0.15) is 0 Å². The number of carbonyl (C=O) groups excluding carboxylic acids is 1. The molecule has 1 aromatic carbocycles. The van der Waals surface area contributed by atoms with E-state index in [0.29, 0.717) is 5.69 Å². The van der Waals surface area contributed by atoms with E-state index in [1.165, 1.54) is 32.2 Å². The van der Waals surface area contributed by atoms with Crippen molar-refractivity contribution in [1.29, 1.82) is 0 Å². The Morgan fingerprint density at radius 2 is 2.00 bits per heavy atom. The molecular weight excluding hydrogens is 356 g/mol. The van der Waals surface area contributed by atoms with Gasteiger partial charge in [-0.15, -0.1) is 0 Å². The quantitative estimate of drug-likeness (QED) is 0.773. The highest BCUT2D eigenvalue weighted by molar-refractivity contribution is 7.92. The van der Waals surface area contributed by atoms with Crippen LogP contribution in [0.1, 0.15) is 20.3 Å². The smallest absolute Gasteiger partial charge is 0.244 e. The maximum absolute atomic E-state index is 12.7. The van der Waals surface area contributed by atoms with Gasteiger partial charge in [-0.05, 0) is 31.5 Å². The van der Waals surface area contributed by atoms with Crippen LogP contribution >= 0.6 is 0 Å². The van der Waals surface area contributed by atoms with Crippen LogP contribution in [0.15, 0.2) is 23.1 Å². The maximum atomic E-state index is 12.7. The van der Waals surface area contributed by atoms with Crippen LogP contribution in [0.2, 0.25) is 0 Å². The summed E-state index contributed by atoms with van der Waals surface area (Å²) in [5.74, 6) is -0.562. The molecule has 0 bridgehead atoms. The zero-order valence-corrected chi connectivity index (χ0v) is 15.3. The molecule has 0 aliphatic carbocycles. The van der Waals surface area contributed by atoms with Crippen molar-refractivity contribution >= 4 is 31.5 Å². The van der Waals surface area contributed by atoms with Crippen LogP contribution in [-0.4, -0.2) is 46.9 Å². The van der Waals surface area contributed by atoms with Gasteiger partial charge in [-0.3, -0.25) is 4.79 Å². The first-order chi connectivity index (χ1) is 11.0. The van der Waals surface area contributed by atoms with E-state index in [0.717, 1.165) is 0 Å². The Morgan fingerprint density at radius 3 is 2.50 bits per heavy atom. The number of rotatable bonds is 5. The fourth-order valence-electron chi connectivity index (χ4n) is 2.64. The number of methoxy groups -OCH3 is 1. The Balaban J connectivity index is 2.39. The van der Waals surface area contributed by atoms with Gasteiger partial charge < -0.3 is 10.1 Å². The van der Waals surface area contributed by atoms with Crippen LogP contribution in [0.25, 0.3) is 0 Å². The Hall–Kier alpha value is -1.65. The van der Waals surface area contributed by atoms with E-state index in [9.17, 15) is 21.6 Å². The summed E-state index contributed by atoms with van der Waals surface area (Å²) < 4.78 is 56.3. The second kappa shape index (κ2) is 6.34. The lowest BCUT2D eigenvalue weighted by atomic mass is 10.0. The summed E-state index contributed by atoms with van der Waals surface area (Å²) in [4.78, 5) is 11.0. The van der Waals surface area contributed by atoms with Crippen LogP contribution in [0.5, 0.6) is 5.75 Å². The predicted molar refractivity (Wildman–Crippen MR) is 89.3 cm³/mol. The van der Waals surface area contributed by atoms with E-state index in [2.05, 4.69) is 10.0 Å². The number of hydrogen-bond acceptors (Lipinski definition) is 6. The first-order valence-corrected chi connectivity index (χ1v) is 10.5. The van der Waals surface area contributed by atoms with Gasteiger partial charge in [0.25, 0.3) is 0 Å². The first-order valence-electron chi connectivity index (χ1n) is 7.16. The Labute approximate surface area is 141 Å². The lowest BCUT2D eigenvalue weighted by molar-refractivity contribution is -0.114. The molecule has 10 heteroatoms. The minimum atomic E-state index is -4.04. The topological polar surface area (TPSA) is 119 Å². The fraction of sp³-hybridized carbons (Fsp3) is 0.500. The van der Waals surface area contributed by atoms with Gasteiger partial charge in [0.1, 0.15) is 10.6 Å². The third-order valence-corrected chi connectivity index (χ3v) is 7.22. The Kier molecular flexibility index (Phi) is 4.93. The molecule has 1 heterocycles. The number of sulfonamides is 1. The molecule has 0 aromatic heterocycles. The molecule has 1 amide bonds. The number of amides is 1. The largest absolute Gasteiger partial charge is 0.495 e. The van der Waals surface area contributed by atoms with E-state index in [1.807, 2.05) is 0 Å². The maximum Gasteiger partial charge on any atom is 0.244 e. The van der Waals surface area contributed by atoms with E-state index >= 15 is 0 Å². The van der Waals surface area contributed by atoms with Crippen molar-refractivity contribution in [1.82, 2.24) is 4.72 Å². The van der Waals surface area contributed by atoms with Crippen molar-refractivity contribution < 1.29 is 26.4 Å².